The summed E-state index contributed by atoms with van der Waals surface area (Å²) in [5, 5.41) is 12.9. The van der Waals surface area contributed by atoms with Crippen molar-refractivity contribution in [2.24, 2.45) is 0 Å². The Hall–Kier alpha value is -2.68. The van der Waals surface area contributed by atoms with E-state index in [9.17, 15) is 0 Å². The van der Waals surface area contributed by atoms with Gasteiger partial charge in [0.15, 0.2) is 17.3 Å². The van der Waals surface area contributed by atoms with Crippen molar-refractivity contribution in [3.63, 3.8) is 0 Å². The minimum atomic E-state index is 0. The Kier molecular flexibility index (Phi) is 8.66. The number of likely N-dealkylation sites (N-methyl/N-ethyl adjacent to an activating group) is 1. The van der Waals surface area contributed by atoms with Crippen molar-refractivity contribution in [3.05, 3.63) is 65.0 Å². The molecule has 1 aliphatic rings. The zero-order valence-electron chi connectivity index (χ0n) is 19.7. The average Bonchev–Trinajstić information content (AvgIpc) is 3.28. The maximum Gasteiger partial charge on any atom is 0.173 e. The molecule has 1 unspecified atom stereocenters. The first-order valence-electron chi connectivity index (χ1n) is 11.0. The zero-order chi connectivity index (χ0) is 22.5. The van der Waals surface area contributed by atoms with Crippen LogP contribution < -0.4 is 21.9 Å². The summed E-state index contributed by atoms with van der Waals surface area (Å²) in [6.07, 6.45) is 0.793. The van der Waals surface area contributed by atoms with E-state index in [0.717, 1.165) is 55.5 Å². The number of tetrazole rings is 1. The predicted octanol–water partition coefficient (Wildman–Crippen LogP) is -0.418. The number of aryl methyl sites for hydroxylation is 3. The van der Waals surface area contributed by atoms with Crippen LogP contribution in [0.25, 0.3) is 0 Å². The van der Waals surface area contributed by atoms with Gasteiger partial charge in [-0.25, -0.2) is 4.68 Å². The fourth-order valence-electron chi connectivity index (χ4n) is 4.19. The van der Waals surface area contributed by atoms with Gasteiger partial charge in [-0.05, 0) is 54.1 Å². The molecule has 0 amide bonds. The van der Waals surface area contributed by atoms with Crippen LogP contribution in [0, 0.1) is 6.92 Å². The van der Waals surface area contributed by atoms with Crippen molar-refractivity contribution in [1.29, 1.82) is 0 Å². The molecule has 1 atom stereocenters. The summed E-state index contributed by atoms with van der Waals surface area (Å²) in [5.74, 6) is 2.35. The first-order chi connectivity index (χ1) is 15.6. The van der Waals surface area contributed by atoms with Crippen molar-refractivity contribution in [2.75, 3.05) is 47.4 Å². The summed E-state index contributed by atoms with van der Waals surface area (Å²) in [6.45, 7) is 6.84. The fraction of sp³-hybridized carbons (Fsp3) is 0.458. The minimum Gasteiger partial charge on any atom is -1.00 e. The summed E-state index contributed by atoms with van der Waals surface area (Å²) in [4.78, 5) is 4.85. The fourth-order valence-corrected chi connectivity index (χ4v) is 4.19. The average molecular weight is 472 g/mol. The number of rotatable bonds is 8. The lowest BCUT2D eigenvalue weighted by molar-refractivity contribution is -0.00000736. The van der Waals surface area contributed by atoms with Crippen molar-refractivity contribution in [1.82, 2.24) is 30.0 Å². The number of methoxy groups -OCH3 is 2. The molecule has 178 valence electrons. The molecule has 1 saturated heterocycles. The molecule has 3 aromatic rings. The van der Waals surface area contributed by atoms with Crippen LogP contribution in [0.3, 0.4) is 0 Å². The molecule has 2 aromatic carbocycles. The predicted molar refractivity (Wildman–Crippen MR) is 123 cm³/mol. The van der Waals surface area contributed by atoms with Crippen molar-refractivity contribution >= 4 is 0 Å². The summed E-state index contributed by atoms with van der Waals surface area (Å²) in [5.41, 5.74) is 3.62. The molecular weight excluding hydrogens is 440 g/mol. The molecule has 4 rings (SSSR count). The maximum atomic E-state index is 5.45. The van der Waals surface area contributed by atoms with Crippen molar-refractivity contribution in [2.45, 2.75) is 25.9 Å². The van der Waals surface area contributed by atoms with E-state index >= 15 is 0 Å². The number of hydrogen-bond acceptors (Lipinski definition) is 7. The number of benzene rings is 2. The number of ether oxygens (including phenoxy) is 2. The Balaban J connectivity index is 0.00000306. The summed E-state index contributed by atoms with van der Waals surface area (Å²) in [6, 6.07) is 14.8. The number of hydrogen-bond donors (Lipinski definition) is 0. The van der Waals surface area contributed by atoms with Gasteiger partial charge >= 0.3 is 0 Å². The standard InChI is InChI=1S/C24H32N6O2.ClH/c1-18-5-8-20(9-6-18)23(29-15-13-28(2)14-16-29)24-25-26-27-30(24)12-11-19-7-10-21(31-3)22(17-19)32-4;/h5-10,17,23H,11-16H2,1-4H3;1H/p-1. The molecule has 1 aliphatic heterocycles. The van der Waals surface area contributed by atoms with E-state index in [-0.39, 0.29) is 18.4 Å². The van der Waals surface area contributed by atoms with Gasteiger partial charge in [0.2, 0.25) is 0 Å². The van der Waals surface area contributed by atoms with Gasteiger partial charge in [-0.2, -0.15) is 0 Å². The molecule has 9 heteroatoms. The molecule has 2 heterocycles. The van der Waals surface area contributed by atoms with Crippen LogP contribution in [-0.4, -0.2) is 77.5 Å². The molecule has 1 fully saturated rings. The van der Waals surface area contributed by atoms with E-state index < -0.39 is 0 Å². The zero-order valence-corrected chi connectivity index (χ0v) is 20.5. The van der Waals surface area contributed by atoms with E-state index in [1.807, 2.05) is 16.8 Å². The molecule has 0 aliphatic carbocycles. The lowest BCUT2D eigenvalue weighted by Crippen LogP contribution is -3.00. The molecule has 33 heavy (non-hydrogen) atoms. The molecule has 0 bridgehead atoms. The second kappa shape index (κ2) is 11.4. The summed E-state index contributed by atoms with van der Waals surface area (Å²) < 4.78 is 12.7. The lowest BCUT2D eigenvalue weighted by Gasteiger charge is -2.37. The Bertz CT molecular complexity index is 1020. The third-order valence-electron chi connectivity index (χ3n) is 6.16. The van der Waals surface area contributed by atoms with Gasteiger partial charge in [0.1, 0.15) is 0 Å². The Morgan fingerprint density at radius 2 is 1.64 bits per heavy atom. The first kappa shape index (κ1) is 25.0. The Labute approximate surface area is 201 Å². The number of nitrogens with zero attached hydrogens (tertiary/aromatic N) is 6. The minimum absolute atomic E-state index is 0. The van der Waals surface area contributed by atoms with Crippen molar-refractivity contribution < 1.29 is 21.9 Å². The third kappa shape index (κ3) is 5.82. The number of piperazine rings is 1. The highest BCUT2D eigenvalue weighted by Crippen LogP contribution is 2.30. The second-order valence-corrected chi connectivity index (χ2v) is 8.35. The van der Waals surface area contributed by atoms with Gasteiger partial charge in [-0.3, -0.25) is 4.90 Å². The van der Waals surface area contributed by atoms with Crippen LogP contribution in [0.1, 0.15) is 28.6 Å². The highest BCUT2D eigenvalue weighted by Gasteiger charge is 2.29. The van der Waals surface area contributed by atoms with Crippen LogP contribution in [-0.2, 0) is 13.0 Å². The van der Waals surface area contributed by atoms with Crippen LogP contribution in [0.15, 0.2) is 42.5 Å². The van der Waals surface area contributed by atoms with Gasteiger partial charge in [0, 0.05) is 32.7 Å². The van der Waals surface area contributed by atoms with Gasteiger partial charge in [-0.15, -0.1) is 5.10 Å². The highest BCUT2D eigenvalue weighted by molar-refractivity contribution is 5.42. The molecule has 0 spiro atoms. The van der Waals surface area contributed by atoms with E-state index in [4.69, 9.17) is 9.47 Å². The van der Waals surface area contributed by atoms with Gasteiger partial charge in [-0.1, -0.05) is 35.9 Å². The van der Waals surface area contributed by atoms with Crippen LogP contribution in [0.4, 0.5) is 0 Å². The molecule has 8 nitrogen and oxygen atoms in total. The molecule has 0 saturated carbocycles. The largest absolute Gasteiger partial charge is 1.00 e. The normalized spacial score (nSPS) is 15.6. The quantitative estimate of drug-likeness (QED) is 0.442. The molecule has 0 radical (unpaired) electrons. The third-order valence-corrected chi connectivity index (χ3v) is 6.16. The Morgan fingerprint density at radius 3 is 2.30 bits per heavy atom. The monoisotopic (exact) mass is 471 g/mol. The van der Waals surface area contributed by atoms with E-state index in [0.29, 0.717) is 6.54 Å². The smallest absolute Gasteiger partial charge is 0.173 e. The van der Waals surface area contributed by atoms with Gasteiger partial charge in [0.05, 0.1) is 20.3 Å². The summed E-state index contributed by atoms with van der Waals surface area (Å²) in [7, 11) is 5.48. The first-order valence-corrected chi connectivity index (χ1v) is 11.0. The number of halogens is 1. The van der Waals surface area contributed by atoms with Crippen molar-refractivity contribution in [3.8, 4) is 11.5 Å². The van der Waals surface area contributed by atoms with Gasteiger partial charge < -0.3 is 26.8 Å². The topological polar surface area (TPSA) is 68.5 Å². The van der Waals surface area contributed by atoms with E-state index in [2.05, 4.69) is 69.6 Å². The highest BCUT2D eigenvalue weighted by atomic mass is 35.5. The van der Waals surface area contributed by atoms with Crippen LogP contribution in [0.5, 0.6) is 11.5 Å². The molecule has 1 aromatic heterocycles. The van der Waals surface area contributed by atoms with Crippen LogP contribution >= 0.6 is 0 Å². The van der Waals surface area contributed by atoms with E-state index in [1.54, 1.807) is 14.2 Å². The summed E-state index contributed by atoms with van der Waals surface area (Å²) >= 11 is 0. The molecular formula is C24H32ClN6O2-. The van der Waals surface area contributed by atoms with E-state index in [1.165, 1.54) is 11.1 Å². The Morgan fingerprint density at radius 1 is 0.939 bits per heavy atom. The number of aromatic nitrogens is 4. The second-order valence-electron chi connectivity index (χ2n) is 8.35. The van der Waals surface area contributed by atoms with Gasteiger partial charge in [0.25, 0.3) is 0 Å². The maximum absolute atomic E-state index is 5.45. The lowest BCUT2D eigenvalue weighted by atomic mass is 10.0. The SMILES string of the molecule is COc1ccc(CCn2nnnc2C(c2ccc(C)cc2)N2CCN(C)CC2)cc1OC.[Cl-]. The van der Waals surface area contributed by atoms with Crippen LogP contribution in [0.2, 0.25) is 0 Å². The molecule has 0 N–H and O–H groups in total.